The van der Waals surface area contributed by atoms with Gasteiger partial charge in [-0.2, -0.15) is 10.2 Å². The Morgan fingerprint density at radius 2 is 1.93 bits per heavy atom. The first kappa shape index (κ1) is 19.7. The topological polar surface area (TPSA) is 75.6 Å². The van der Waals surface area contributed by atoms with Gasteiger partial charge in [-0.15, -0.1) is 0 Å². The van der Waals surface area contributed by atoms with Crippen molar-refractivity contribution in [1.29, 1.82) is 0 Å². The molecule has 0 fully saturated rings. The van der Waals surface area contributed by atoms with Crippen molar-refractivity contribution in [2.75, 3.05) is 5.32 Å². The highest BCUT2D eigenvalue weighted by molar-refractivity contribution is 9.10. The molecule has 0 bridgehead atoms. The molecule has 1 amide bonds. The van der Waals surface area contributed by atoms with Crippen molar-refractivity contribution in [3.63, 3.8) is 0 Å². The average molecular weight is 491 g/mol. The van der Waals surface area contributed by atoms with Gasteiger partial charge in [-0.1, -0.05) is 51.3 Å². The van der Waals surface area contributed by atoms with Gasteiger partial charge in [0, 0.05) is 21.3 Å². The average Bonchev–Trinajstić information content (AvgIpc) is 3.33. The van der Waals surface area contributed by atoms with E-state index < -0.39 is 0 Å². The molecule has 0 spiro atoms. The number of hydrogen-bond acceptors (Lipinski definition) is 3. The Hall–Kier alpha value is -2.61. The van der Waals surface area contributed by atoms with E-state index in [4.69, 9.17) is 23.2 Å². The van der Waals surface area contributed by atoms with E-state index >= 15 is 0 Å². The minimum atomic E-state index is -0.322. The molecule has 2 heterocycles. The maximum Gasteiger partial charge on any atom is 0.273 e. The van der Waals surface area contributed by atoms with Gasteiger partial charge < -0.3 is 5.32 Å². The fraction of sp³-hybridized carbons (Fsp3) is 0.0500. The summed E-state index contributed by atoms with van der Waals surface area (Å²) < 4.78 is 2.78. The number of carbonyl (C=O) groups is 1. The highest BCUT2D eigenvalue weighted by Gasteiger charge is 2.14. The molecule has 2 aromatic carbocycles. The van der Waals surface area contributed by atoms with E-state index in [0.29, 0.717) is 39.2 Å². The van der Waals surface area contributed by atoms with Gasteiger partial charge in [-0.25, -0.2) is 0 Å². The van der Waals surface area contributed by atoms with Crippen LogP contribution >= 0.6 is 39.1 Å². The highest BCUT2D eigenvalue weighted by atomic mass is 79.9. The summed E-state index contributed by atoms with van der Waals surface area (Å²) in [7, 11) is 0. The van der Waals surface area contributed by atoms with Gasteiger partial charge in [-0.05, 0) is 42.0 Å². The van der Waals surface area contributed by atoms with Crippen molar-refractivity contribution >= 4 is 50.7 Å². The molecular formula is C20H14BrCl2N5O. The fourth-order valence-electron chi connectivity index (χ4n) is 2.76. The predicted molar refractivity (Wildman–Crippen MR) is 117 cm³/mol. The number of hydrogen-bond donors (Lipinski definition) is 2. The Morgan fingerprint density at radius 1 is 1.14 bits per heavy atom. The van der Waals surface area contributed by atoms with Gasteiger partial charge in [-0.3, -0.25) is 14.6 Å². The largest absolute Gasteiger partial charge is 0.318 e. The van der Waals surface area contributed by atoms with E-state index in [0.717, 1.165) is 10.0 Å². The minimum absolute atomic E-state index is 0.312. The van der Waals surface area contributed by atoms with Crippen LogP contribution in [0, 0.1) is 0 Å². The Bertz CT molecular complexity index is 1170. The third-order valence-electron chi connectivity index (χ3n) is 4.18. The van der Waals surface area contributed by atoms with Gasteiger partial charge in [0.1, 0.15) is 5.69 Å². The Morgan fingerprint density at radius 3 is 2.69 bits per heavy atom. The Labute approximate surface area is 185 Å². The summed E-state index contributed by atoms with van der Waals surface area (Å²) in [5.74, 6) is -0.322. The molecular weight excluding hydrogens is 477 g/mol. The summed E-state index contributed by atoms with van der Waals surface area (Å²) in [5, 5.41) is 15.0. The van der Waals surface area contributed by atoms with Crippen molar-refractivity contribution in [2.24, 2.45) is 0 Å². The molecule has 0 aliphatic carbocycles. The molecule has 0 aliphatic heterocycles. The number of amides is 1. The number of aromatic nitrogens is 4. The van der Waals surface area contributed by atoms with Crippen LogP contribution in [0.15, 0.2) is 65.4 Å². The number of anilines is 1. The van der Waals surface area contributed by atoms with E-state index in [9.17, 15) is 4.79 Å². The van der Waals surface area contributed by atoms with Crippen LogP contribution < -0.4 is 5.32 Å². The molecule has 2 aromatic heterocycles. The first-order chi connectivity index (χ1) is 14.0. The second-order valence-electron chi connectivity index (χ2n) is 6.30. The maximum absolute atomic E-state index is 12.5. The fourth-order valence-corrected chi connectivity index (χ4v) is 3.53. The first-order valence-electron chi connectivity index (χ1n) is 8.57. The van der Waals surface area contributed by atoms with Gasteiger partial charge in [0.15, 0.2) is 0 Å². The van der Waals surface area contributed by atoms with Crippen molar-refractivity contribution in [3.8, 4) is 11.3 Å². The number of nitrogens with zero attached hydrogens (tertiary/aromatic N) is 3. The number of nitrogens with one attached hydrogen (secondary N) is 2. The second kappa shape index (κ2) is 8.41. The summed E-state index contributed by atoms with van der Waals surface area (Å²) in [6, 6.07) is 14.7. The van der Waals surface area contributed by atoms with Crippen molar-refractivity contribution in [3.05, 3.63) is 86.7 Å². The molecule has 146 valence electrons. The Balaban J connectivity index is 1.44. The summed E-state index contributed by atoms with van der Waals surface area (Å²) in [4.78, 5) is 12.5. The van der Waals surface area contributed by atoms with Gasteiger partial charge in [0.2, 0.25) is 0 Å². The van der Waals surface area contributed by atoms with Gasteiger partial charge >= 0.3 is 0 Å². The maximum atomic E-state index is 12.5. The summed E-state index contributed by atoms with van der Waals surface area (Å²) in [6.07, 6.45) is 3.37. The Kier molecular flexibility index (Phi) is 5.71. The molecule has 4 aromatic rings. The number of rotatable bonds is 5. The molecule has 0 saturated heterocycles. The van der Waals surface area contributed by atoms with Crippen LogP contribution in [0.3, 0.4) is 0 Å². The highest BCUT2D eigenvalue weighted by Crippen LogP contribution is 2.29. The number of carbonyl (C=O) groups excluding carboxylic acids is 1. The summed E-state index contributed by atoms with van der Waals surface area (Å²) in [6.45, 7) is 0.604. The smallest absolute Gasteiger partial charge is 0.273 e. The van der Waals surface area contributed by atoms with E-state index in [2.05, 4.69) is 36.5 Å². The first-order valence-corrected chi connectivity index (χ1v) is 10.1. The number of benzene rings is 2. The van der Waals surface area contributed by atoms with E-state index in [1.165, 1.54) is 0 Å². The molecule has 2 N–H and O–H groups in total. The summed E-state index contributed by atoms with van der Waals surface area (Å²) >= 11 is 15.5. The van der Waals surface area contributed by atoms with Crippen molar-refractivity contribution in [2.45, 2.75) is 6.54 Å². The monoisotopic (exact) mass is 489 g/mol. The number of H-pyrrole nitrogens is 1. The zero-order valence-electron chi connectivity index (χ0n) is 14.9. The van der Waals surface area contributed by atoms with Crippen LogP contribution in [-0.4, -0.2) is 25.9 Å². The molecule has 0 radical (unpaired) electrons. The molecule has 0 atom stereocenters. The predicted octanol–water partition coefficient (Wildman–Crippen LogP) is 5.64. The minimum Gasteiger partial charge on any atom is -0.318 e. The molecule has 0 aliphatic rings. The van der Waals surface area contributed by atoms with Crippen LogP contribution in [0.5, 0.6) is 0 Å². The normalized spacial score (nSPS) is 10.9. The number of halogens is 3. The van der Waals surface area contributed by atoms with Crippen LogP contribution in [0.1, 0.15) is 16.1 Å². The third kappa shape index (κ3) is 4.70. The molecule has 29 heavy (non-hydrogen) atoms. The van der Waals surface area contributed by atoms with E-state index in [1.807, 2.05) is 24.3 Å². The second-order valence-corrected chi connectivity index (χ2v) is 8.06. The van der Waals surface area contributed by atoms with Crippen molar-refractivity contribution in [1.82, 2.24) is 20.0 Å². The van der Waals surface area contributed by atoms with Crippen molar-refractivity contribution < 1.29 is 4.79 Å². The number of aromatic amines is 1. The van der Waals surface area contributed by atoms with Crippen LogP contribution in [0.2, 0.25) is 10.0 Å². The standard InChI is InChI=1S/C20H14BrCl2N5O/c21-13-3-1-12(2-4-13)10-28-11-15(9-24-28)25-20(29)19-8-18(26-27-19)16-6-5-14(22)7-17(16)23/h1-9,11H,10H2,(H,25,29)(H,26,27). The van der Waals surface area contributed by atoms with Crippen LogP contribution in [0.4, 0.5) is 5.69 Å². The van der Waals surface area contributed by atoms with Crippen LogP contribution in [-0.2, 0) is 6.54 Å². The van der Waals surface area contributed by atoms with Gasteiger partial charge in [0.05, 0.1) is 29.1 Å². The van der Waals surface area contributed by atoms with Crippen LogP contribution in [0.25, 0.3) is 11.3 Å². The summed E-state index contributed by atoms with van der Waals surface area (Å²) in [5.41, 5.74) is 3.25. The lowest BCUT2D eigenvalue weighted by Crippen LogP contribution is -2.11. The molecule has 6 nitrogen and oxygen atoms in total. The molecule has 0 saturated carbocycles. The third-order valence-corrected chi connectivity index (χ3v) is 5.25. The zero-order valence-corrected chi connectivity index (χ0v) is 18.0. The molecule has 4 rings (SSSR count). The molecule has 9 heteroatoms. The lowest BCUT2D eigenvalue weighted by Gasteiger charge is -2.02. The quantitative estimate of drug-likeness (QED) is 0.380. The molecule has 0 unspecified atom stereocenters. The van der Waals surface area contributed by atoms with E-state index in [-0.39, 0.29) is 5.91 Å². The lowest BCUT2D eigenvalue weighted by atomic mass is 10.1. The zero-order chi connectivity index (χ0) is 20.4. The SMILES string of the molecule is O=C(Nc1cnn(Cc2ccc(Br)cc2)c1)c1cc(-c2ccc(Cl)cc2Cl)n[nH]1. The lowest BCUT2D eigenvalue weighted by molar-refractivity contribution is 0.102. The van der Waals surface area contributed by atoms with Gasteiger partial charge in [0.25, 0.3) is 5.91 Å². The van der Waals surface area contributed by atoms with E-state index in [1.54, 1.807) is 41.3 Å².